The summed E-state index contributed by atoms with van der Waals surface area (Å²) in [6, 6.07) is 11.2. The molecular formula is C17H19ClN2O3S. The van der Waals surface area contributed by atoms with Crippen LogP contribution in [0.3, 0.4) is 0 Å². The molecule has 0 saturated carbocycles. The molecule has 24 heavy (non-hydrogen) atoms. The van der Waals surface area contributed by atoms with E-state index < -0.39 is 10.0 Å². The fourth-order valence-electron chi connectivity index (χ4n) is 2.16. The Labute approximate surface area is 147 Å². The van der Waals surface area contributed by atoms with Gasteiger partial charge in [-0.3, -0.25) is 0 Å². The number of nitrogens with zero attached hydrogens (tertiary/aromatic N) is 1. The van der Waals surface area contributed by atoms with E-state index in [1.54, 1.807) is 31.2 Å². The summed E-state index contributed by atoms with van der Waals surface area (Å²) in [4.78, 5) is 2.31. The van der Waals surface area contributed by atoms with Crippen molar-refractivity contribution in [2.24, 2.45) is 5.10 Å². The van der Waals surface area contributed by atoms with Gasteiger partial charge >= 0.3 is 0 Å². The third kappa shape index (κ3) is 4.49. The first-order valence-corrected chi connectivity index (χ1v) is 9.33. The first-order chi connectivity index (χ1) is 11.3. The fraction of sp³-hybridized carbons (Fsp3) is 0.235. The number of nitrogens with one attached hydrogen (secondary N) is 1. The van der Waals surface area contributed by atoms with E-state index in [4.69, 9.17) is 11.6 Å². The number of rotatable bonds is 6. The van der Waals surface area contributed by atoms with Crippen LogP contribution in [0.4, 0.5) is 0 Å². The van der Waals surface area contributed by atoms with Gasteiger partial charge in [-0.05, 0) is 49.2 Å². The van der Waals surface area contributed by atoms with Crippen molar-refractivity contribution in [1.29, 1.82) is 0 Å². The largest absolute Gasteiger partial charge is 0.507 e. The van der Waals surface area contributed by atoms with E-state index >= 15 is 0 Å². The second-order valence-corrected chi connectivity index (χ2v) is 7.44. The average Bonchev–Trinajstić information content (AvgIpc) is 2.56. The van der Waals surface area contributed by atoms with Gasteiger partial charge in [0.15, 0.2) is 0 Å². The predicted octanol–water partition coefficient (Wildman–Crippen LogP) is 3.70. The van der Waals surface area contributed by atoms with E-state index in [2.05, 4.69) is 16.9 Å². The molecule has 0 fully saturated rings. The number of halogens is 1. The molecule has 0 saturated heterocycles. The normalized spacial score (nSPS) is 12.2. The summed E-state index contributed by atoms with van der Waals surface area (Å²) in [5.74, 6) is -0.0243. The van der Waals surface area contributed by atoms with E-state index in [9.17, 15) is 13.5 Å². The maximum Gasteiger partial charge on any atom is 0.276 e. The number of aromatic hydroxyl groups is 1. The first-order valence-electron chi connectivity index (χ1n) is 7.47. The van der Waals surface area contributed by atoms with Crippen molar-refractivity contribution in [1.82, 2.24) is 4.83 Å². The highest BCUT2D eigenvalue weighted by atomic mass is 35.5. The lowest BCUT2D eigenvalue weighted by molar-refractivity contribution is 0.474. The maximum atomic E-state index is 12.3. The molecule has 2 N–H and O–H groups in total. The zero-order valence-electron chi connectivity index (χ0n) is 13.5. The van der Waals surface area contributed by atoms with Crippen LogP contribution >= 0.6 is 11.6 Å². The van der Waals surface area contributed by atoms with Crippen molar-refractivity contribution in [2.45, 2.75) is 31.6 Å². The van der Waals surface area contributed by atoms with Gasteiger partial charge in [0.05, 0.1) is 10.6 Å². The molecule has 0 unspecified atom stereocenters. The monoisotopic (exact) mass is 366 g/mol. The molecule has 5 nitrogen and oxygen atoms in total. The highest BCUT2D eigenvalue weighted by molar-refractivity contribution is 7.89. The van der Waals surface area contributed by atoms with E-state index in [1.165, 1.54) is 18.2 Å². The van der Waals surface area contributed by atoms with Crippen molar-refractivity contribution in [3.8, 4) is 5.75 Å². The fourth-order valence-corrected chi connectivity index (χ4v) is 3.19. The zero-order chi connectivity index (χ0) is 17.7. The third-order valence-corrected chi connectivity index (χ3v) is 4.91. The van der Waals surface area contributed by atoms with E-state index in [0.717, 1.165) is 18.4 Å². The molecule has 0 radical (unpaired) electrons. The summed E-state index contributed by atoms with van der Waals surface area (Å²) >= 11 is 5.88. The lowest BCUT2D eigenvalue weighted by atomic mass is 10.1. The molecule has 2 rings (SSSR count). The Hall–Kier alpha value is -2.05. The SMILES string of the molecule is CCCc1ccc(S(=O)(=O)NN=C(C)c2cc(Cl)ccc2O)cc1. The molecule has 0 aliphatic carbocycles. The Morgan fingerprint density at radius 2 is 1.88 bits per heavy atom. The summed E-state index contributed by atoms with van der Waals surface area (Å²) in [7, 11) is -3.77. The van der Waals surface area contributed by atoms with Gasteiger partial charge in [-0.15, -0.1) is 0 Å². The van der Waals surface area contributed by atoms with E-state index in [1.807, 2.05) is 0 Å². The van der Waals surface area contributed by atoms with Crippen LogP contribution < -0.4 is 4.83 Å². The van der Waals surface area contributed by atoms with Crippen molar-refractivity contribution in [3.05, 3.63) is 58.6 Å². The number of hydrogen-bond donors (Lipinski definition) is 2. The van der Waals surface area contributed by atoms with Gasteiger partial charge in [0.2, 0.25) is 0 Å². The number of phenolic OH excluding ortho intramolecular Hbond substituents is 1. The van der Waals surface area contributed by atoms with Crippen LogP contribution in [-0.2, 0) is 16.4 Å². The molecule has 0 aromatic heterocycles. The smallest absolute Gasteiger partial charge is 0.276 e. The Morgan fingerprint density at radius 1 is 1.21 bits per heavy atom. The summed E-state index contributed by atoms with van der Waals surface area (Å²) in [5, 5.41) is 14.1. The molecule has 0 atom stereocenters. The highest BCUT2D eigenvalue weighted by Gasteiger charge is 2.13. The van der Waals surface area contributed by atoms with Crippen LogP contribution in [0.15, 0.2) is 52.5 Å². The zero-order valence-corrected chi connectivity index (χ0v) is 15.0. The highest BCUT2D eigenvalue weighted by Crippen LogP contribution is 2.22. The second-order valence-electron chi connectivity index (χ2n) is 5.35. The molecule has 0 spiro atoms. The van der Waals surface area contributed by atoms with Crippen LogP contribution in [0.1, 0.15) is 31.4 Å². The van der Waals surface area contributed by atoms with Gasteiger partial charge in [0.1, 0.15) is 5.75 Å². The number of benzene rings is 2. The molecular weight excluding hydrogens is 348 g/mol. The van der Waals surface area contributed by atoms with E-state index in [0.29, 0.717) is 16.3 Å². The summed E-state index contributed by atoms with van der Waals surface area (Å²) in [6.07, 6.45) is 1.90. The Balaban J connectivity index is 2.20. The first kappa shape index (κ1) is 18.3. The standard InChI is InChI=1S/C17H19ClN2O3S/c1-3-4-13-5-8-15(9-6-13)24(22,23)20-19-12(2)16-11-14(18)7-10-17(16)21/h5-11,20-21H,3-4H2,1-2H3. The number of phenols is 1. The number of hydrogen-bond acceptors (Lipinski definition) is 4. The topological polar surface area (TPSA) is 78.8 Å². The van der Waals surface area contributed by atoms with Crippen LogP contribution in [0.5, 0.6) is 5.75 Å². The number of hydrazone groups is 1. The molecule has 2 aromatic rings. The quantitative estimate of drug-likeness (QED) is 0.604. The Kier molecular flexibility index (Phi) is 5.85. The third-order valence-electron chi connectivity index (χ3n) is 3.45. The summed E-state index contributed by atoms with van der Waals surface area (Å²) < 4.78 is 24.6. The van der Waals surface area contributed by atoms with Crippen molar-refractivity contribution < 1.29 is 13.5 Å². The molecule has 7 heteroatoms. The second kappa shape index (κ2) is 7.68. The molecule has 0 aliphatic rings. The number of aryl methyl sites for hydroxylation is 1. The molecule has 0 heterocycles. The molecule has 2 aromatic carbocycles. The predicted molar refractivity (Wildman–Crippen MR) is 96.1 cm³/mol. The van der Waals surface area contributed by atoms with Gasteiger partial charge in [-0.1, -0.05) is 37.1 Å². The minimum atomic E-state index is -3.77. The van der Waals surface area contributed by atoms with Crippen molar-refractivity contribution >= 4 is 27.3 Å². The minimum absolute atomic E-state index is 0.0243. The maximum absolute atomic E-state index is 12.3. The number of sulfonamides is 1. The molecule has 0 amide bonds. The Morgan fingerprint density at radius 3 is 2.50 bits per heavy atom. The Bertz CT molecular complexity index is 847. The molecule has 128 valence electrons. The van der Waals surface area contributed by atoms with E-state index in [-0.39, 0.29) is 10.6 Å². The van der Waals surface area contributed by atoms with Gasteiger partial charge in [-0.25, -0.2) is 0 Å². The molecule has 0 aliphatic heterocycles. The summed E-state index contributed by atoms with van der Waals surface area (Å²) in [6.45, 7) is 3.65. The molecule has 0 bridgehead atoms. The lowest BCUT2D eigenvalue weighted by Crippen LogP contribution is -2.20. The average molecular weight is 367 g/mol. The van der Waals surface area contributed by atoms with Crippen LogP contribution in [0, 0.1) is 0 Å². The van der Waals surface area contributed by atoms with Gasteiger partial charge in [0.25, 0.3) is 10.0 Å². The van der Waals surface area contributed by atoms with Crippen LogP contribution in [0.2, 0.25) is 5.02 Å². The van der Waals surface area contributed by atoms with Crippen LogP contribution in [-0.4, -0.2) is 19.2 Å². The summed E-state index contributed by atoms with van der Waals surface area (Å²) in [5.41, 5.74) is 1.75. The van der Waals surface area contributed by atoms with Gasteiger partial charge < -0.3 is 5.11 Å². The van der Waals surface area contributed by atoms with Crippen molar-refractivity contribution in [3.63, 3.8) is 0 Å². The van der Waals surface area contributed by atoms with Crippen molar-refractivity contribution in [2.75, 3.05) is 0 Å². The minimum Gasteiger partial charge on any atom is -0.507 e. The van der Waals surface area contributed by atoms with Crippen LogP contribution in [0.25, 0.3) is 0 Å². The van der Waals surface area contributed by atoms with Gasteiger partial charge in [-0.2, -0.15) is 18.4 Å². The van der Waals surface area contributed by atoms with Gasteiger partial charge in [0, 0.05) is 10.6 Å². The lowest BCUT2D eigenvalue weighted by Gasteiger charge is -2.08.